The van der Waals surface area contributed by atoms with Gasteiger partial charge in [-0.1, -0.05) is 71.9 Å². The van der Waals surface area contributed by atoms with E-state index in [0.717, 1.165) is 53.0 Å². The predicted molar refractivity (Wildman–Crippen MR) is 155 cm³/mol. The van der Waals surface area contributed by atoms with Crippen LogP contribution in [0.2, 0.25) is 0 Å². The number of benzene rings is 1. The smallest absolute Gasteiger partial charge is 0.317 e. The molecule has 0 amide bonds. The number of nitrogens with zero attached hydrogens (tertiary/aromatic N) is 1. The molecular formula is C32H45NO5. The molecule has 0 fully saturated rings. The molecule has 0 spiro atoms. The summed E-state index contributed by atoms with van der Waals surface area (Å²) in [7, 11) is 1.79. The molecule has 0 aliphatic rings. The van der Waals surface area contributed by atoms with Crippen molar-refractivity contribution in [3.63, 3.8) is 0 Å². The Hall–Kier alpha value is -3.12. The lowest BCUT2D eigenvalue weighted by Gasteiger charge is -2.31. The molecule has 1 N–H and O–H groups in total. The molecule has 0 radical (unpaired) electrons. The summed E-state index contributed by atoms with van der Waals surface area (Å²) in [6.07, 6.45) is 6.22. The lowest BCUT2D eigenvalue weighted by molar-refractivity contribution is -0.137. The number of rotatable bonds is 14. The van der Waals surface area contributed by atoms with Crippen LogP contribution >= 0.6 is 0 Å². The molecule has 6 nitrogen and oxygen atoms in total. The third kappa shape index (κ3) is 7.47. The van der Waals surface area contributed by atoms with Crippen LogP contribution in [-0.2, 0) is 21.4 Å². The van der Waals surface area contributed by atoms with E-state index in [9.17, 15) is 9.59 Å². The fourth-order valence-corrected chi connectivity index (χ4v) is 4.75. The highest BCUT2D eigenvalue weighted by molar-refractivity contribution is 5.85. The maximum Gasteiger partial charge on any atom is 0.317 e. The molecule has 208 valence electrons. The fourth-order valence-electron chi connectivity index (χ4n) is 4.75. The van der Waals surface area contributed by atoms with Gasteiger partial charge in [0.1, 0.15) is 23.9 Å². The number of ether oxygens (including phenoxy) is 1. The van der Waals surface area contributed by atoms with Gasteiger partial charge in [0.25, 0.3) is 0 Å². The van der Waals surface area contributed by atoms with Crippen molar-refractivity contribution in [1.82, 2.24) is 4.90 Å². The van der Waals surface area contributed by atoms with E-state index < -0.39 is 11.4 Å². The maximum atomic E-state index is 12.4. The Bertz CT molecular complexity index is 1160. The molecule has 1 aromatic heterocycles. The number of hydrogen-bond acceptors (Lipinski definition) is 5. The van der Waals surface area contributed by atoms with E-state index in [1.807, 2.05) is 39.8 Å². The van der Waals surface area contributed by atoms with Gasteiger partial charge in [-0.3, -0.25) is 14.5 Å². The van der Waals surface area contributed by atoms with Gasteiger partial charge in [0.15, 0.2) is 5.78 Å². The van der Waals surface area contributed by atoms with Crippen LogP contribution < -0.4 is 4.74 Å². The Morgan fingerprint density at radius 2 is 1.76 bits per heavy atom. The summed E-state index contributed by atoms with van der Waals surface area (Å²) >= 11 is 0. The number of carboxylic acids is 1. The first-order valence-electron chi connectivity index (χ1n) is 13.4. The van der Waals surface area contributed by atoms with Crippen molar-refractivity contribution in [2.75, 3.05) is 26.7 Å². The summed E-state index contributed by atoms with van der Waals surface area (Å²) < 4.78 is 12.4. The van der Waals surface area contributed by atoms with Gasteiger partial charge >= 0.3 is 5.97 Å². The van der Waals surface area contributed by atoms with E-state index in [1.165, 1.54) is 0 Å². The number of hydrogen-bond donors (Lipinski definition) is 1. The summed E-state index contributed by atoms with van der Waals surface area (Å²) in [5.74, 6) is 1.53. The molecule has 0 saturated carbocycles. The molecule has 2 rings (SSSR count). The van der Waals surface area contributed by atoms with E-state index in [4.69, 9.17) is 14.3 Å². The standard InChI is InChI=1S/C32H45NO5/c1-10-23-17-25(14-15-27(23)37-21-28(34)31(6,7)8)32(12-3,13-4)29-18-24(26(11-2)38-29)16-22(5)19-33(9)20-30(35)36/h11,14-18H,2,10,12-13,19-21H2,1,3-9H3,(H,35,36)/b22-16+. The number of aryl methyl sites for hydroxylation is 1. The van der Waals surface area contributed by atoms with E-state index in [-0.39, 0.29) is 24.3 Å². The van der Waals surface area contributed by atoms with Crippen molar-refractivity contribution in [3.05, 3.63) is 64.6 Å². The van der Waals surface area contributed by atoms with Crippen LogP contribution in [0.1, 0.15) is 89.5 Å². The number of carbonyl (C=O) groups excluding carboxylic acids is 1. The average Bonchev–Trinajstić information content (AvgIpc) is 3.25. The molecule has 0 bridgehead atoms. The molecule has 6 heteroatoms. The first-order chi connectivity index (χ1) is 17.8. The quantitative estimate of drug-likeness (QED) is 0.287. The van der Waals surface area contributed by atoms with Crippen LogP contribution in [0.25, 0.3) is 12.2 Å². The van der Waals surface area contributed by atoms with Gasteiger partial charge in [-0.05, 0) is 62.6 Å². The molecule has 0 unspecified atom stereocenters. The number of carbonyl (C=O) groups is 2. The summed E-state index contributed by atoms with van der Waals surface area (Å²) in [6, 6.07) is 8.33. The van der Waals surface area contributed by atoms with Crippen molar-refractivity contribution in [2.24, 2.45) is 5.41 Å². The third-order valence-electron chi connectivity index (χ3n) is 7.17. The van der Waals surface area contributed by atoms with Gasteiger partial charge in [-0.2, -0.15) is 0 Å². The molecule has 0 aliphatic heterocycles. The van der Waals surface area contributed by atoms with Crippen molar-refractivity contribution < 1.29 is 23.8 Å². The zero-order valence-corrected chi connectivity index (χ0v) is 24.4. The molecule has 1 heterocycles. The average molecular weight is 524 g/mol. The Morgan fingerprint density at radius 3 is 2.29 bits per heavy atom. The highest BCUT2D eigenvalue weighted by Gasteiger charge is 2.35. The lowest BCUT2D eigenvalue weighted by Crippen LogP contribution is -2.27. The zero-order valence-electron chi connectivity index (χ0n) is 24.4. The second kappa shape index (κ2) is 13.1. The van der Waals surface area contributed by atoms with Crippen LogP contribution in [0.15, 0.2) is 40.8 Å². The van der Waals surface area contributed by atoms with Gasteiger partial charge in [-0.15, -0.1) is 0 Å². The summed E-state index contributed by atoms with van der Waals surface area (Å²) in [5, 5.41) is 9.05. The molecule has 0 aliphatic carbocycles. The number of Topliss-reactive ketones (excluding diaryl/α,β-unsaturated/α-hetero) is 1. The van der Waals surface area contributed by atoms with Crippen LogP contribution in [0.3, 0.4) is 0 Å². The summed E-state index contributed by atoms with van der Waals surface area (Å²) in [5.41, 5.74) is 3.38. The van der Waals surface area contributed by atoms with E-state index >= 15 is 0 Å². The Morgan fingerprint density at radius 1 is 1.11 bits per heavy atom. The minimum absolute atomic E-state index is 0.0191. The van der Waals surface area contributed by atoms with Gasteiger partial charge in [0.2, 0.25) is 0 Å². The highest BCUT2D eigenvalue weighted by Crippen LogP contribution is 2.42. The van der Waals surface area contributed by atoms with Crippen LogP contribution in [-0.4, -0.2) is 48.5 Å². The normalized spacial score (nSPS) is 12.6. The summed E-state index contributed by atoms with van der Waals surface area (Å²) in [6.45, 7) is 18.6. The van der Waals surface area contributed by atoms with Crippen LogP contribution in [0.5, 0.6) is 5.75 Å². The highest BCUT2D eigenvalue weighted by atomic mass is 16.5. The number of furan rings is 1. The van der Waals surface area contributed by atoms with E-state index in [2.05, 4.69) is 45.5 Å². The third-order valence-corrected chi connectivity index (χ3v) is 7.17. The van der Waals surface area contributed by atoms with Gasteiger partial charge in [-0.25, -0.2) is 0 Å². The minimum Gasteiger partial charge on any atom is -0.486 e. The van der Waals surface area contributed by atoms with Crippen LogP contribution in [0, 0.1) is 5.41 Å². The Labute approximate surface area is 228 Å². The van der Waals surface area contributed by atoms with Crippen molar-refractivity contribution in [3.8, 4) is 5.75 Å². The largest absolute Gasteiger partial charge is 0.486 e. The minimum atomic E-state index is -0.850. The van der Waals surface area contributed by atoms with Gasteiger partial charge in [0, 0.05) is 17.5 Å². The lowest BCUT2D eigenvalue weighted by atomic mass is 9.73. The molecule has 2 aromatic rings. The molecule has 0 saturated heterocycles. The molecule has 0 atom stereocenters. The van der Waals surface area contributed by atoms with E-state index in [1.54, 1.807) is 18.0 Å². The zero-order chi connectivity index (χ0) is 28.7. The maximum absolute atomic E-state index is 12.4. The molecule has 1 aromatic carbocycles. The summed E-state index contributed by atoms with van der Waals surface area (Å²) in [4.78, 5) is 25.2. The van der Waals surface area contributed by atoms with Gasteiger partial charge in [0.05, 0.1) is 12.0 Å². The second-order valence-electron chi connectivity index (χ2n) is 11.1. The van der Waals surface area contributed by atoms with Crippen molar-refractivity contribution >= 4 is 23.9 Å². The van der Waals surface area contributed by atoms with Crippen molar-refractivity contribution in [1.29, 1.82) is 0 Å². The van der Waals surface area contributed by atoms with Crippen LogP contribution in [0.4, 0.5) is 0 Å². The number of aliphatic carboxylic acids is 1. The van der Waals surface area contributed by atoms with Crippen molar-refractivity contribution in [2.45, 2.75) is 73.1 Å². The number of ketones is 1. The Balaban J connectivity index is 2.45. The first-order valence-corrected chi connectivity index (χ1v) is 13.4. The second-order valence-corrected chi connectivity index (χ2v) is 11.1. The SMILES string of the molecule is C=Cc1oc(C(CC)(CC)c2ccc(OCC(=O)C(C)(C)C)c(CC)c2)cc1/C=C(\C)CN(C)CC(=O)O. The molecular weight excluding hydrogens is 478 g/mol. The predicted octanol–water partition coefficient (Wildman–Crippen LogP) is 7.00. The Kier molecular flexibility index (Phi) is 10.7. The first kappa shape index (κ1) is 31.1. The molecule has 38 heavy (non-hydrogen) atoms. The van der Waals surface area contributed by atoms with Gasteiger partial charge < -0.3 is 14.3 Å². The number of likely N-dealkylation sites (N-methyl/N-ethyl adjacent to an activating group) is 1. The fraction of sp³-hybridized carbons (Fsp3) is 0.500. The van der Waals surface area contributed by atoms with E-state index in [0.29, 0.717) is 12.3 Å². The number of carboxylic acid groups (broad SMARTS) is 1. The monoisotopic (exact) mass is 523 g/mol. The topological polar surface area (TPSA) is 80.0 Å².